The van der Waals surface area contributed by atoms with Crippen LogP contribution in [0.2, 0.25) is 0 Å². The molecule has 5 aromatic rings. The molecule has 1 amide bonds. The topological polar surface area (TPSA) is 129 Å². The van der Waals surface area contributed by atoms with Crippen molar-refractivity contribution in [2.75, 3.05) is 12.4 Å². The molecular formula is C32H23FN4O6S. The third-order valence-corrected chi connectivity index (χ3v) is 8.04. The molecule has 3 heterocycles. The van der Waals surface area contributed by atoms with Crippen LogP contribution in [0, 0.1) is 15.9 Å². The van der Waals surface area contributed by atoms with E-state index < -0.39 is 28.4 Å². The molecule has 0 aliphatic carbocycles. The van der Waals surface area contributed by atoms with Crippen LogP contribution in [0.3, 0.4) is 0 Å². The van der Waals surface area contributed by atoms with E-state index in [0.717, 1.165) is 23.5 Å². The maximum atomic E-state index is 13.9. The molecule has 0 saturated carbocycles. The standard InChI is InChI=1S/C32H23FN4O6S/c1-18-28(30(38)35-21-6-4-3-5-7-21)29(19-8-11-22(42-2)12-9-19)36-31(39)27(44-32(36)34-18)17-23-13-15-26(43-23)20-10-14-24(33)25(16-20)37(40)41/h3-17,29H,1-2H3,(H,35,38)/b27-17+/t29-/m0/s1. The number of rotatable bonds is 7. The number of hydrogen-bond acceptors (Lipinski definition) is 8. The highest BCUT2D eigenvalue weighted by Gasteiger charge is 2.32. The summed E-state index contributed by atoms with van der Waals surface area (Å²) in [6, 6.07) is 22.0. The van der Waals surface area contributed by atoms with Gasteiger partial charge in [-0.25, -0.2) is 4.99 Å². The summed E-state index contributed by atoms with van der Waals surface area (Å²) in [4.78, 5) is 43.0. The third kappa shape index (κ3) is 5.34. The summed E-state index contributed by atoms with van der Waals surface area (Å²) in [7, 11) is 1.55. The zero-order valence-electron chi connectivity index (χ0n) is 23.3. The average molecular weight is 611 g/mol. The van der Waals surface area contributed by atoms with Gasteiger partial charge < -0.3 is 14.5 Å². The van der Waals surface area contributed by atoms with Crippen molar-refractivity contribution in [1.82, 2.24) is 4.57 Å². The highest BCUT2D eigenvalue weighted by molar-refractivity contribution is 7.07. The van der Waals surface area contributed by atoms with Crippen molar-refractivity contribution in [2.45, 2.75) is 13.0 Å². The first-order valence-corrected chi connectivity index (χ1v) is 14.1. The van der Waals surface area contributed by atoms with Crippen molar-refractivity contribution < 1.29 is 23.3 Å². The fraction of sp³-hybridized carbons (Fsp3) is 0.0938. The van der Waals surface area contributed by atoms with Crippen LogP contribution in [-0.4, -0.2) is 22.5 Å². The molecule has 220 valence electrons. The molecule has 1 N–H and O–H groups in total. The molecule has 3 aromatic carbocycles. The first-order valence-electron chi connectivity index (χ1n) is 13.3. The molecule has 0 saturated heterocycles. The summed E-state index contributed by atoms with van der Waals surface area (Å²) in [6.07, 6.45) is 1.54. The Balaban J connectivity index is 1.43. The molecule has 12 heteroatoms. The van der Waals surface area contributed by atoms with E-state index in [-0.39, 0.29) is 11.3 Å². The Hall–Kier alpha value is -5.62. The SMILES string of the molecule is COc1ccc([C@H]2C(C(=O)Nc3ccccc3)=C(C)N=c3s/c(=C/c4ccc(-c5ccc(F)c([N+](=O)[O-])c5)o4)c(=O)n32)cc1. The molecule has 0 fully saturated rings. The number of anilines is 1. The molecule has 6 rings (SSSR count). The zero-order valence-corrected chi connectivity index (χ0v) is 24.1. The lowest BCUT2D eigenvalue weighted by molar-refractivity contribution is -0.387. The minimum Gasteiger partial charge on any atom is -0.497 e. The Kier molecular flexibility index (Phi) is 7.50. The number of nitrogens with one attached hydrogen (secondary N) is 1. The molecule has 0 spiro atoms. The molecular weight excluding hydrogens is 587 g/mol. The monoisotopic (exact) mass is 610 g/mol. The van der Waals surface area contributed by atoms with E-state index in [2.05, 4.69) is 10.3 Å². The third-order valence-electron chi connectivity index (χ3n) is 7.06. The fourth-order valence-corrected chi connectivity index (χ4v) is 5.98. The van der Waals surface area contributed by atoms with Gasteiger partial charge in [-0.05, 0) is 61.0 Å². The largest absolute Gasteiger partial charge is 0.497 e. The smallest absolute Gasteiger partial charge is 0.305 e. The lowest BCUT2D eigenvalue weighted by Crippen LogP contribution is -2.40. The van der Waals surface area contributed by atoms with Gasteiger partial charge in [-0.3, -0.25) is 24.3 Å². The number of methoxy groups -OCH3 is 1. The second kappa shape index (κ2) is 11.6. The van der Waals surface area contributed by atoms with Crippen molar-refractivity contribution in [2.24, 2.45) is 4.99 Å². The van der Waals surface area contributed by atoms with Crippen LogP contribution in [0.4, 0.5) is 15.8 Å². The Morgan fingerprint density at radius 3 is 2.57 bits per heavy atom. The number of para-hydroxylation sites is 1. The van der Waals surface area contributed by atoms with Gasteiger partial charge in [-0.15, -0.1) is 0 Å². The molecule has 1 atom stereocenters. The van der Waals surface area contributed by atoms with Crippen LogP contribution in [0.5, 0.6) is 5.75 Å². The van der Waals surface area contributed by atoms with E-state index in [1.165, 1.54) is 10.6 Å². The number of amides is 1. The molecule has 1 aliphatic heterocycles. The highest BCUT2D eigenvalue weighted by atomic mass is 32.1. The van der Waals surface area contributed by atoms with Gasteiger partial charge >= 0.3 is 5.69 Å². The summed E-state index contributed by atoms with van der Waals surface area (Å²) in [5.74, 6) is -0.158. The van der Waals surface area contributed by atoms with Crippen LogP contribution in [-0.2, 0) is 4.79 Å². The Labute approximate surface area is 252 Å². The maximum Gasteiger partial charge on any atom is 0.305 e. The van der Waals surface area contributed by atoms with Crippen molar-refractivity contribution in [3.8, 4) is 17.1 Å². The van der Waals surface area contributed by atoms with Gasteiger partial charge in [-0.2, -0.15) is 4.39 Å². The number of aromatic nitrogens is 1. The number of nitrogens with zero attached hydrogens (tertiary/aromatic N) is 3. The predicted molar refractivity (Wildman–Crippen MR) is 163 cm³/mol. The number of furan rings is 1. The van der Waals surface area contributed by atoms with E-state index >= 15 is 0 Å². The zero-order chi connectivity index (χ0) is 31.0. The van der Waals surface area contributed by atoms with E-state index in [9.17, 15) is 24.1 Å². The van der Waals surface area contributed by atoms with Crippen LogP contribution in [0.1, 0.15) is 24.3 Å². The van der Waals surface area contributed by atoms with Crippen LogP contribution >= 0.6 is 11.3 Å². The number of hydrogen-bond donors (Lipinski definition) is 1. The number of ether oxygens (including phenoxy) is 1. The Morgan fingerprint density at radius 2 is 1.86 bits per heavy atom. The first-order chi connectivity index (χ1) is 21.2. The summed E-state index contributed by atoms with van der Waals surface area (Å²) in [5.41, 5.74) is 1.31. The number of allylic oxidation sites excluding steroid dienone is 1. The summed E-state index contributed by atoms with van der Waals surface area (Å²) in [5, 5.41) is 14.1. The number of benzene rings is 3. The van der Waals surface area contributed by atoms with E-state index in [0.29, 0.717) is 48.9 Å². The average Bonchev–Trinajstić information content (AvgIpc) is 3.61. The molecule has 2 aromatic heterocycles. The Bertz CT molecular complexity index is 2130. The number of halogens is 1. The van der Waals surface area contributed by atoms with Crippen molar-refractivity contribution in [3.63, 3.8) is 0 Å². The summed E-state index contributed by atoms with van der Waals surface area (Å²) >= 11 is 1.14. The number of carbonyl (C=O) groups excluding carboxylic acids is 1. The first kappa shape index (κ1) is 28.5. The van der Waals surface area contributed by atoms with Crippen molar-refractivity contribution in [3.05, 3.63) is 143 Å². The predicted octanol–water partition coefficient (Wildman–Crippen LogP) is 5.19. The van der Waals surface area contributed by atoms with Gasteiger partial charge in [0.1, 0.15) is 17.3 Å². The second-order valence-corrected chi connectivity index (χ2v) is 10.8. The van der Waals surface area contributed by atoms with Crippen molar-refractivity contribution >= 4 is 34.7 Å². The number of carbonyl (C=O) groups is 1. The minimum absolute atomic E-state index is 0.263. The van der Waals surface area contributed by atoms with Gasteiger partial charge in [0, 0.05) is 23.4 Å². The molecule has 0 radical (unpaired) electrons. The van der Waals surface area contributed by atoms with Crippen LogP contribution in [0.15, 0.2) is 110 Å². The van der Waals surface area contributed by atoms with Gasteiger partial charge in [0.25, 0.3) is 11.5 Å². The normalized spacial score (nSPS) is 14.6. The quantitative estimate of drug-likeness (QED) is 0.200. The van der Waals surface area contributed by atoms with Gasteiger partial charge in [0.05, 0.1) is 33.9 Å². The fourth-order valence-electron chi connectivity index (χ4n) is 4.95. The number of thiazole rings is 1. The van der Waals surface area contributed by atoms with E-state index in [4.69, 9.17) is 9.15 Å². The molecule has 1 aliphatic rings. The van der Waals surface area contributed by atoms with Crippen LogP contribution < -0.4 is 24.9 Å². The van der Waals surface area contributed by atoms with Crippen molar-refractivity contribution in [1.29, 1.82) is 0 Å². The summed E-state index contributed by atoms with van der Waals surface area (Å²) in [6.45, 7) is 1.73. The molecule has 0 bridgehead atoms. The van der Waals surface area contributed by atoms with E-state index in [1.54, 1.807) is 68.6 Å². The molecule has 0 unspecified atom stereocenters. The number of nitro benzene ring substituents is 1. The minimum atomic E-state index is -0.954. The lowest BCUT2D eigenvalue weighted by Gasteiger charge is -2.25. The highest BCUT2D eigenvalue weighted by Crippen LogP contribution is 2.32. The molecule has 44 heavy (non-hydrogen) atoms. The lowest BCUT2D eigenvalue weighted by atomic mass is 9.95. The molecule has 10 nitrogen and oxygen atoms in total. The number of fused-ring (bicyclic) bond motifs is 1. The second-order valence-electron chi connectivity index (χ2n) is 9.80. The Morgan fingerprint density at radius 1 is 1.11 bits per heavy atom. The maximum absolute atomic E-state index is 13.9. The van der Waals surface area contributed by atoms with Gasteiger partial charge in [-0.1, -0.05) is 41.7 Å². The number of nitro groups is 1. The summed E-state index contributed by atoms with van der Waals surface area (Å²) < 4.78 is 26.8. The van der Waals surface area contributed by atoms with Gasteiger partial charge in [0.15, 0.2) is 4.80 Å². The van der Waals surface area contributed by atoms with Crippen LogP contribution in [0.25, 0.3) is 17.4 Å². The van der Waals surface area contributed by atoms with E-state index in [1.807, 2.05) is 18.2 Å². The van der Waals surface area contributed by atoms with Gasteiger partial charge in [0.2, 0.25) is 5.82 Å².